The van der Waals surface area contributed by atoms with Gasteiger partial charge in [-0.2, -0.15) is 0 Å². The maximum Gasteiger partial charge on any atom is 0.268 e. The fourth-order valence-corrected chi connectivity index (χ4v) is 1.18. The maximum absolute atomic E-state index is 11.3. The highest BCUT2D eigenvalue weighted by Crippen LogP contribution is 2.10. The summed E-state index contributed by atoms with van der Waals surface area (Å²) in [7, 11) is 0. The summed E-state index contributed by atoms with van der Waals surface area (Å²) in [6.45, 7) is 3.73. The van der Waals surface area contributed by atoms with Crippen LogP contribution in [0.1, 0.15) is 10.5 Å². The molecule has 13 heavy (non-hydrogen) atoms. The molecule has 3 nitrogen and oxygen atoms in total. The molecule has 1 rings (SSSR count). The molecule has 70 valence electrons. The molecule has 0 aromatic carbocycles. The maximum atomic E-state index is 11.3. The Morgan fingerprint density at radius 1 is 1.77 bits per heavy atom. The molecule has 0 atom stereocenters. The second kappa shape index (κ2) is 4.48. The topological polar surface area (TPSA) is 44.9 Å². The Kier molecular flexibility index (Phi) is 3.57. The van der Waals surface area contributed by atoms with E-state index in [2.05, 4.69) is 32.8 Å². The highest BCUT2D eigenvalue weighted by Gasteiger charge is 2.06. The van der Waals surface area contributed by atoms with Gasteiger partial charge in [-0.1, -0.05) is 18.2 Å². The van der Waals surface area contributed by atoms with Gasteiger partial charge in [-0.25, -0.2) is 0 Å². The van der Waals surface area contributed by atoms with E-state index in [1.807, 2.05) is 0 Å². The van der Waals surface area contributed by atoms with E-state index in [-0.39, 0.29) is 12.5 Å². The van der Waals surface area contributed by atoms with Crippen molar-refractivity contribution in [3.63, 3.8) is 0 Å². The second-order valence-electron chi connectivity index (χ2n) is 2.43. The lowest BCUT2D eigenvalue weighted by Crippen LogP contribution is -2.24. The third-order valence-electron chi connectivity index (χ3n) is 1.33. The van der Waals surface area contributed by atoms with Crippen LogP contribution in [0.2, 0.25) is 0 Å². The lowest BCUT2D eigenvalue weighted by molar-refractivity contribution is 0.0953. The summed E-state index contributed by atoms with van der Waals surface area (Å²) in [5.74, 6) is -0.201. The lowest BCUT2D eigenvalue weighted by atomic mass is 10.4. The van der Waals surface area contributed by atoms with Crippen molar-refractivity contribution in [3.05, 3.63) is 34.0 Å². The van der Waals surface area contributed by atoms with Gasteiger partial charge in [-0.3, -0.25) is 4.79 Å². The number of carbonyl (C=O) groups is 1. The Bertz CT molecular complexity index is 335. The van der Waals surface area contributed by atoms with Gasteiger partial charge >= 0.3 is 0 Å². The predicted octanol–water partition coefficient (Wildman–Crippen LogP) is 2.26. The molecule has 2 N–H and O–H groups in total. The number of H-pyrrole nitrogens is 1. The quantitative estimate of drug-likeness (QED) is 0.863. The van der Waals surface area contributed by atoms with Crippen LogP contribution in [0.3, 0.4) is 0 Å². The molecule has 0 aliphatic carbocycles. The molecule has 0 radical (unpaired) electrons. The number of amides is 1. The molecule has 0 bridgehead atoms. The van der Waals surface area contributed by atoms with Gasteiger partial charge in [-0.15, -0.1) is 0 Å². The van der Waals surface area contributed by atoms with Crippen molar-refractivity contribution < 1.29 is 4.79 Å². The molecule has 1 heterocycles. The number of rotatable bonds is 3. The fourth-order valence-electron chi connectivity index (χ4n) is 0.770. The van der Waals surface area contributed by atoms with Crippen LogP contribution in [-0.4, -0.2) is 17.4 Å². The Balaban J connectivity index is 2.54. The highest BCUT2D eigenvalue weighted by atomic mass is 79.9. The first-order valence-corrected chi connectivity index (χ1v) is 4.72. The summed E-state index contributed by atoms with van der Waals surface area (Å²) < 4.78 is 0.836. The largest absolute Gasteiger partial charge is 0.356 e. The lowest BCUT2D eigenvalue weighted by Gasteiger charge is -2.00. The number of hydrogen-bond acceptors (Lipinski definition) is 1. The number of aromatic nitrogens is 1. The Labute approximate surface area is 89.3 Å². The van der Waals surface area contributed by atoms with Crippen LogP contribution in [0.4, 0.5) is 0 Å². The summed E-state index contributed by atoms with van der Waals surface area (Å²) in [5, 5.41) is 2.99. The van der Waals surface area contributed by atoms with Crippen LogP contribution in [0, 0.1) is 0 Å². The Morgan fingerprint density at radius 2 is 2.46 bits per heavy atom. The molecule has 1 aromatic rings. The molecular weight excluding hydrogens is 255 g/mol. The Morgan fingerprint density at radius 3 is 2.92 bits per heavy atom. The summed E-state index contributed by atoms with van der Waals surface area (Å²) >= 11 is 8.71. The van der Waals surface area contributed by atoms with Crippen LogP contribution >= 0.6 is 27.5 Å². The van der Waals surface area contributed by atoms with Crippen LogP contribution < -0.4 is 5.32 Å². The zero-order valence-electron chi connectivity index (χ0n) is 6.73. The first-order chi connectivity index (χ1) is 6.09. The molecule has 0 spiro atoms. The van der Waals surface area contributed by atoms with Crippen molar-refractivity contribution in [1.82, 2.24) is 10.3 Å². The minimum atomic E-state index is -0.201. The number of aromatic amines is 1. The van der Waals surface area contributed by atoms with Crippen LogP contribution in [0.15, 0.2) is 28.3 Å². The number of nitrogens with one attached hydrogen (secondary N) is 2. The van der Waals surface area contributed by atoms with Crippen molar-refractivity contribution >= 4 is 33.4 Å². The molecule has 0 aliphatic heterocycles. The van der Waals surface area contributed by atoms with E-state index in [0.29, 0.717) is 10.7 Å². The van der Waals surface area contributed by atoms with E-state index in [1.54, 1.807) is 12.3 Å². The smallest absolute Gasteiger partial charge is 0.268 e. The summed E-state index contributed by atoms with van der Waals surface area (Å²) in [5.41, 5.74) is 0.491. The van der Waals surface area contributed by atoms with Gasteiger partial charge in [0.15, 0.2) is 0 Å². The van der Waals surface area contributed by atoms with Crippen molar-refractivity contribution in [1.29, 1.82) is 0 Å². The molecule has 0 saturated heterocycles. The highest BCUT2D eigenvalue weighted by molar-refractivity contribution is 9.10. The van der Waals surface area contributed by atoms with Crippen molar-refractivity contribution in [2.75, 3.05) is 6.54 Å². The predicted molar refractivity (Wildman–Crippen MR) is 55.8 cm³/mol. The average Bonchev–Trinajstić information content (AvgIpc) is 2.47. The Hall–Kier alpha value is -0.740. The van der Waals surface area contributed by atoms with E-state index in [9.17, 15) is 4.79 Å². The standard InChI is InChI=1S/C8H8BrClN2O/c1-5(10)3-12-8(13)7-2-6(9)4-11-7/h2,4,11H,1,3H2,(H,12,13). The zero-order chi connectivity index (χ0) is 9.84. The molecular formula is C8H8BrClN2O. The molecule has 5 heteroatoms. The van der Waals surface area contributed by atoms with Crippen molar-refractivity contribution in [2.45, 2.75) is 0 Å². The summed E-state index contributed by atoms with van der Waals surface area (Å²) in [6, 6.07) is 1.69. The van der Waals surface area contributed by atoms with Gasteiger partial charge in [-0.05, 0) is 22.0 Å². The molecule has 0 aliphatic rings. The number of halogens is 2. The van der Waals surface area contributed by atoms with Crippen LogP contribution in [0.5, 0.6) is 0 Å². The SMILES string of the molecule is C=C(Cl)CNC(=O)c1cc(Br)c[nH]1. The van der Waals surface area contributed by atoms with E-state index in [4.69, 9.17) is 11.6 Å². The number of hydrogen-bond donors (Lipinski definition) is 2. The van der Waals surface area contributed by atoms with Gasteiger partial charge < -0.3 is 10.3 Å². The van der Waals surface area contributed by atoms with E-state index < -0.39 is 0 Å². The minimum Gasteiger partial charge on any atom is -0.356 e. The van der Waals surface area contributed by atoms with Gasteiger partial charge in [0, 0.05) is 15.7 Å². The minimum absolute atomic E-state index is 0.201. The van der Waals surface area contributed by atoms with Crippen LogP contribution in [0.25, 0.3) is 0 Å². The zero-order valence-corrected chi connectivity index (χ0v) is 9.08. The van der Waals surface area contributed by atoms with E-state index >= 15 is 0 Å². The van der Waals surface area contributed by atoms with E-state index in [1.165, 1.54) is 0 Å². The van der Waals surface area contributed by atoms with E-state index in [0.717, 1.165) is 4.47 Å². The fraction of sp³-hybridized carbons (Fsp3) is 0.125. The third-order valence-corrected chi connectivity index (χ3v) is 1.92. The first-order valence-electron chi connectivity index (χ1n) is 3.55. The molecule has 0 unspecified atom stereocenters. The van der Waals surface area contributed by atoms with Gasteiger partial charge in [0.2, 0.25) is 0 Å². The normalized spacial score (nSPS) is 9.69. The molecule has 1 aromatic heterocycles. The number of carbonyl (C=O) groups excluding carboxylic acids is 1. The van der Waals surface area contributed by atoms with Crippen molar-refractivity contribution in [3.8, 4) is 0 Å². The monoisotopic (exact) mass is 262 g/mol. The third kappa shape index (κ3) is 3.24. The van der Waals surface area contributed by atoms with Crippen LogP contribution in [-0.2, 0) is 0 Å². The molecule has 1 amide bonds. The average molecular weight is 264 g/mol. The van der Waals surface area contributed by atoms with Gasteiger partial charge in [0.05, 0.1) is 6.54 Å². The van der Waals surface area contributed by atoms with Crippen molar-refractivity contribution in [2.24, 2.45) is 0 Å². The summed E-state index contributed by atoms with van der Waals surface area (Å²) in [6.07, 6.45) is 1.68. The molecule has 0 saturated carbocycles. The molecule has 0 fully saturated rings. The summed E-state index contributed by atoms with van der Waals surface area (Å²) in [4.78, 5) is 14.1. The first kappa shape index (κ1) is 10.3. The van der Waals surface area contributed by atoms with Gasteiger partial charge in [0.25, 0.3) is 5.91 Å². The van der Waals surface area contributed by atoms with Gasteiger partial charge in [0.1, 0.15) is 5.69 Å². The second-order valence-corrected chi connectivity index (χ2v) is 3.88.